The van der Waals surface area contributed by atoms with Gasteiger partial charge in [-0.25, -0.2) is 4.98 Å². The van der Waals surface area contributed by atoms with Crippen LogP contribution in [-0.2, 0) is 0 Å². The molecule has 0 aliphatic rings. The first-order chi connectivity index (χ1) is 5.65. The van der Waals surface area contributed by atoms with Crippen molar-refractivity contribution in [1.29, 1.82) is 5.26 Å². The highest BCUT2D eigenvalue weighted by Gasteiger charge is 2.07. The molecule has 0 aromatic carbocycles. The Balaban J connectivity index is 3.23. The summed E-state index contributed by atoms with van der Waals surface area (Å²) >= 11 is 3.22. The smallest absolute Gasteiger partial charge is 0.145 e. The number of hydrogen-bond donors (Lipinski definition) is 0. The van der Waals surface area contributed by atoms with Crippen LogP contribution >= 0.6 is 15.9 Å². The maximum atomic E-state index is 8.76. The maximum Gasteiger partial charge on any atom is 0.145 e. The van der Waals surface area contributed by atoms with Gasteiger partial charge in [-0.3, -0.25) is 0 Å². The van der Waals surface area contributed by atoms with Crippen LogP contribution in [0.5, 0.6) is 0 Å². The molecule has 12 heavy (non-hydrogen) atoms. The maximum absolute atomic E-state index is 8.76. The lowest BCUT2D eigenvalue weighted by Gasteiger charge is -2.05. The lowest BCUT2D eigenvalue weighted by Crippen LogP contribution is -1.95. The van der Waals surface area contributed by atoms with Gasteiger partial charge in [0.1, 0.15) is 16.4 Å². The van der Waals surface area contributed by atoms with Gasteiger partial charge in [0.05, 0.1) is 0 Å². The van der Waals surface area contributed by atoms with E-state index in [2.05, 4.69) is 27.0 Å². The third kappa shape index (κ3) is 1.83. The topological polar surface area (TPSA) is 36.7 Å². The molecular formula is C9H9BrN2. The fraction of sp³-hybridized carbons (Fsp3) is 0.333. The molecule has 1 heterocycles. The van der Waals surface area contributed by atoms with E-state index in [1.807, 2.05) is 26.0 Å². The predicted octanol–water partition coefficient (Wildman–Crippen LogP) is 2.84. The second-order valence-electron chi connectivity index (χ2n) is 2.84. The van der Waals surface area contributed by atoms with Gasteiger partial charge in [0.25, 0.3) is 0 Å². The number of aromatic nitrogens is 1. The van der Waals surface area contributed by atoms with E-state index < -0.39 is 0 Å². The summed E-state index contributed by atoms with van der Waals surface area (Å²) in [7, 11) is 0. The molecule has 0 N–H and O–H groups in total. The minimum atomic E-state index is 0.347. The normalized spacial score (nSPS) is 9.92. The SMILES string of the molecule is CC(C)c1ccc(Br)nc1C#N. The van der Waals surface area contributed by atoms with Crippen LogP contribution in [0.15, 0.2) is 16.7 Å². The van der Waals surface area contributed by atoms with E-state index >= 15 is 0 Å². The van der Waals surface area contributed by atoms with Gasteiger partial charge >= 0.3 is 0 Å². The second kappa shape index (κ2) is 3.68. The van der Waals surface area contributed by atoms with Crippen molar-refractivity contribution >= 4 is 15.9 Å². The van der Waals surface area contributed by atoms with E-state index in [9.17, 15) is 0 Å². The van der Waals surface area contributed by atoms with Gasteiger partial charge in [-0.15, -0.1) is 0 Å². The molecule has 0 fully saturated rings. The molecule has 0 unspecified atom stereocenters. The van der Waals surface area contributed by atoms with Crippen LogP contribution < -0.4 is 0 Å². The largest absolute Gasteiger partial charge is 0.230 e. The second-order valence-corrected chi connectivity index (χ2v) is 3.65. The Morgan fingerprint density at radius 1 is 1.50 bits per heavy atom. The Labute approximate surface area is 80.4 Å². The Kier molecular flexibility index (Phi) is 2.83. The van der Waals surface area contributed by atoms with Crippen molar-refractivity contribution in [2.75, 3.05) is 0 Å². The first-order valence-electron chi connectivity index (χ1n) is 3.71. The van der Waals surface area contributed by atoms with Crippen molar-refractivity contribution in [2.24, 2.45) is 0 Å². The summed E-state index contributed by atoms with van der Waals surface area (Å²) in [6, 6.07) is 5.86. The molecule has 0 atom stereocenters. The average Bonchev–Trinajstić information content (AvgIpc) is 2.03. The van der Waals surface area contributed by atoms with E-state index in [-0.39, 0.29) is 0 Å². The molecule has 0 radical (unpaired) electrons. The molecule has 0 aliphatic carbocycles. The molecule has 0 bridgehead atoms. The van der Waals surface area contributed by atoms with Crippen molar-refractivity contribution in [1.82, 2.24) is 4.98 Å². The van der Waals surface area contributed by atoms with E-state index in [1.165, 1.54) is 0 Å². The molecule has 0 amide bonds. The van der Waals surface area contributed by atoms with E-state index in [0.717, 1.165) is 5.56 Å². The zero-order valence-corrected chi connectivity index (χ0v) is 8.59. The van der Waals surface area contributed by atoms with Crippen LogP contribution in [0.25, 0.3) is 0 Å². The highest BCUT2D eigenvalue weighted by Crippen LogP contribution is 2.19. The zero-order valence-electron chi connectivity index (χ0n) is 7.00. The number of nitrogens with zero attached hydrogens (tertiary/aromatic N) is 2. The van der Waals surface area contributed by atoms with E-state index in [4.69, 9.17) is 5.26 Å². The van der Waals surface area contributed by atoms with Crippen molar-refractivity contribution in [3.05, 3.63) is 28.0 Å². The average molecular weight is 225 g/mol. The molecule has 0 saturated carbocycles. The molecule has 0 spiro atoms. The third-order valence-corrected chi connectivity index (χ3v) is 2.06. The highest BCUT2D eigenvalue weighted by molar-refractivity contribution is 9.10. The number of halogens is 1. The van der Waals surface area contributed by atoms with E-state index in [0.29, 0.717) is 16.2 Å². The summed E-state index contributed by atoms with van der Waals surface area (Å²) in [5.41, 5.74) is 1.51. The van der Waals surface area contributed by atoms with Gasteiger partial charge in [0.2, 0.25) is 0 Å². The molecular weight excluding hydrogens is 216 g/mol. The Morgan fingerprint density at radius 3 is 2.67 bits per heavy atom. The van der Waals surface area contributed by atoms with Gasteiger partial charge < -0.3 is 0 Å². The summed E-state index contributed by atoms with van der Waals surface area (Å²) in [6.45, 7) is 4.09. The summed E-state index contributed by atoms with van der Waals surface area (Å²) in [5, 5.41) is 8.76. The summed E-state index contributed by atoms with van der Waals surface area (Å²) in [6.07, 6.45) is 0. The lowest BCUT2D eigenvalue weighted by atomic mass is 10.0. The monoisotopic (exact) mass is 224 g/mol. The molecule has 62 valence electrons. The molecule has 1 rings (SSSR count). The predicted molar refractivity (Wildman–Crippen MR) is 50.7 cm³/mol. The van der Waals surface area contributed by atoms with Gasteiger partial charge in [-0.05, 0) is 33.5 Å². The summed E-state index contributed by atoms with van der Waals surface area (Å²) in [5.74, 6) is 0.347. The Bertz CT molecular complexity index is 326. The van der Waals surface area contributed by atoms with Gasteiger partial charge in [0, 0.05) is 0 Å². The lowest BCUT2D eigenvalue weighted by molar-refractivity contribution is 0.850. The van der Waals surface area contributed by atoms with Gasteiger partial charge in [-0.1, -0.05) is 19.9 Å². The van der Waals surface area contributed by atoms with Crippen LogP contribution in [0.3, 0.4) is 0 Å². The van der Waals surface area contributed by atoms with Crippen molar-refractivity contribution in [3.63, 3.8) is 0 Å². The molecule has 0 saturated heterocycles. The first kappa shape index (κ1) is 9.21. The van der Waals surface area contributed by atoms with Crippen molar-refractivity contribution in [3.8, 4) is 6.07 Å². The minimum absolute atomic E-state index is 0.347. The summed E-state index contributed by atoms with van der Waals surface area (Å²) < 4.78 is 0.712. The molecule has 1 aromatic rings. The van der Waals surface area contributed by atoms with E-state index in [1.54, 1.807) is 0 Å². The molecule has 1 aromatic heterocycles. The number of pyridine rings is 1. The van der Waals surface area contributed by atoms with Gasteiger partial charge in [0.15, 0.2) is 0 Å². The Hall–Kier alpha value is -0.880. The van der Waals surface area contributed by atoms with Crippen molar-refractivity contribution in [2.45, 2.75) is 19.8 Å². The van der Waals surface area contributed by atoms with Crippen molar-refractivity contribution < 1.29 is 0 Å². The highest BCUT2D eigenvalue weighted by atomic mass is 79.9. The van der Waals surface area contributed by atoms with Crippen LogP contribution in [0.2, 0.25) is 0 Å². The quantitative estimate of drug-likeness (QED) is 0.689. The number of nitriles is 1. The standard InChI is InChI=1S/C9H9BrN2/c1-6(2)7-3-4-9(10)12-8(7)5-11/h3-4,6H,1-2H3. The number of hydrogen-bond acceptors (Lipinski definition) is 2. The zero-order chi connectivity index (χ0) is 9.14. The fourth-order valence-electron chi connectivity index (χ4n) is 1.00. The number of rotatable bonds is 1. The molecule has 3 heteroatoms. The van der Waals surface area contributed by atoms with Crippen LogP contribution in [0, 0.1) is 11.3 Å². The first-order valence-corrected chi connectivity index (χ1v) is 4.51. The van der Waals surface area contributed by atoms with Gasteiger partial charge in [-0.2, -0.15) is 5.26 Å². The summed E-state index contributed by atoms with van der Waals surface area (Å²) in [4.78, 5) is 4.07. The third-order valence-electron chi connectivity index (χ3n) is 1.62. The van der Waals surface area contributed by atoms with Crippen LogP contribution in [0.1, 0.15) is 31.0 Å². The molecule has 0 aliphatic heterocycles. The fourth-order valence-corrected chi connectivity index (χ4v) is 1.31. The minimum Gasteiger partial charge on any atom is -0.230 e. The van der Waals surface area contributed by atoms with Crippen LogP contribution in [0.4, 0.5) is 0 Å². The Morgan fingerprint density at radius 2 is 2.17 bits per heavy atom. The molecule has 2 nitrogen and oxygen atoms in total. The van der Waals surface area contributed by atoms with Crippen LogP contribution in [-0.4, -0.2) is 4.98 Å².